The lowest BCUT2D eigenvalue weighted by molar-refractivity contribution is -0.137. The molecule has 0 saturated carbocycles. The summed E-state index contributed by atoms with van der Waals surface area (Å²) in [6.45, 7) is 3.53. The van der Waals surface area contributed by atoms with Gasteiger partial charge >= 0.3 is 11.8 Å². The number of hydrogen-bond donors (Lipinski definition) is 2. The number of ether oxygens (including phenoxy) is 1. The van der Waals surface area contributed by atoms with Crippen LogP contribution in [0, 0.1) is 0 Å². The van der Waals surface area contributed by atoms with Crippen LogP contribution in [0.5, 0.6) is 0 Å². The van der Waals surface area contributed by atoms with Gasteiger partial charge in [0.15, 0.2) is 0 Å². The quantitative estimate of drug-likeness (QED) is 0.783. The molecular weight excluding hydrogens is 310 g/mol. The van der Waals surface area contributed by atoms with Gasteiger partial charge in [0.1, 0.15) is 5.58 Å². The van der Waals surface area contributed by atoms with Gasteiger partial charge in [-0.2, -0.15) is 0 Å². The van der Waals surface area contributed by atoms with Crippen LogP contribution in [-0.4, -0.2) is 49.1 Å². The smallest absolute Gasteiger partial charge is 0.309 e. The van der Waals surface area contributed by atoms with E-state index >= 15 is 0 Å². The van der Waals surface area contributed by atoms with Crippen LogP contribution in [0.1, 0.15) is 12.0 Å². The van der Waals surface area contributed by atoms with Gasteiger partial charge in [-0.25, -0.2) is 0 Å². The first-order valence-corrected chi connectivity index (χ1v) is 7.99. The fraction of sp³-hybridized carbons (Fsp3) is 0.412. The van der Waals surface area contributed by atoms with Crippen molar-refractivity contribution in [2.24, 2.45) is 5.73 Å². The predicted octanol–water partition coefficient (Wildman–Crippen LogP) is 0.625. The standard InChI is InChI=1S/C17H21N3O4/c18-16(21)17(22)19-5-3-14-11-20(6-8-23-14)10-12-1-2-15-13(9-12)4-7-24-15/h1-2,4,7,9,14H,3,5-6,8,10-11H2,(H2,18,21)(H,19,22). The molecule has 2 amide bonds. The summed E-state index contributed by atoms with van der Waals surface area (Å²) < 4.78 is 11.1. The Labute approximate surface area is 139 Å². The number of carbonyl (C=O) groups is 2. The number of nitrogens with one attached hydrogen (secondary N) is 1. The fourth-order valence-corrected chi connectivity index (χ4v) is 2.91. The van der Waals surface area contributed by atoms with Crippen molar-refractivity contribution in [1.82, 2.24) is 10.2 Å². The summed E-state index contributed by atoms with van der Waals surface area (Å²) in [6.07, 6.45) is 2.38. The summed E-state index contributed by atoms with van der Waals surface area (Å²) in [5, 5.41) is 3.59. The van der Waals surface area contributed by atoms with Crippen molar-refractivity contribution >= 4 is 22.8 Å². The number of hydrogen-bond acceptors (Lipinski definition) is 5. The minimum absolute atomic E-state index is 0.0320. The predicted molar refractivity (Wildman–Crippen MR) is 88.1 cm³/mol. The lowest BCUT2D eigenvalue weighted by Gasteiger charge is -2.33. The molecule has 2 aromatic rings. The maximum absolute atomic E-state index is 11.1. The van der Waals surface area contributed by atoms with E-state index in [2.05, 4.69) is 22.3 Å². The number of morpholine rings is 1. The number of nitrogens with two attached hydrogens (primary N) is 1. The molecule has 3 rings (SSSR count). The Morgan fingerprint density at radius 3 is 3.04 bits per heavy atom. The Hall–Kier alpha value is -2.38. The topological polar surface area (TPSA) is 97.8 Å². The molecule has 1 aliphatic heterocycles. The number of rotatable bonds is 5. The Kier molecular flexibility index (Phi) is 5.12. The van der Waals surface area contributed by atoms with Crippen molar-refractivity contribution < 1.29 is 18.7 Å². The third-order valence-electron chi connectivity index (χ3n) is 4.12. The molecule has 0 bridgehead atoms. The zero-order chi connectivity index (χ0) is 16.9. The van der Waals surface area contributed by atoms with Gasteiger partial charge in [0.05, 0.1) is 19.0 Å². The highest BCUT2D eigenvalue weighted by molar-refractivity contribution is 6.34. The monoisotopic (exact) mass is 331 g/mol. The first-order valence-electron chi connectivity index (χ1n) is 7.99. The van der Waals surface area contributed by atoms with Gasteiger partial charge in [-0.05, 0) is 30.2 Å². The molecule has 1 aromatic carbocycles. The maximum Gasteiger partial charge on any atom is 0.309 e. The molecule has 7 nitrogen and oxygen atoms in total. The Morgan fingerprint density at radius 2 is 2.21 bits per heavy atom. The molecule has 3 N–H and O–H groups in total. The molecule has 7 heteroatoms. The molecule has 128 valence electrons. The second-order valence-corrected chi connectivity index (χ2v) is 5.93. The van der Waals surface area contributed by atoms with Crippen LogP contribution in [0.2, 0.25) is 0 Å². The molecule has 1 aromatic heterocycles. The number of carbonyl (C=O) groups excluding carboxylic acids is 2. The average molecular weight is 331 g/mol. The molecule has 1 atom stereocenters. The zero-order valence-corrected chi connectivity index (χ0v) is 13.4. The second kappa shape index (κ2) is 7.46. The summed E-state index contributed by atoms with van der Waals surface area (Å²) >= 11 is 0. The van der Waals surface area contributed by atoms with E-state index in [9.17, 15) is 9.59 Å². The van der Waals surface area contributed by atoms with Crippen LogP contribution < -0.4 is 11.1 Å². The normalized spacial score (nSPS) is 18.6. The molecular formula is C17H21N3O4. The van der Waals surface area contributed by atoms with Gasteiger partial charge < -0.3 is 20.2 Å². The minimum Gasteiger partial charge on any atom is -0.464 e. The van der Waals surface area contributed by atoms with Crippen molar-refractivity contribution in [3.8, 4) is 0 Å². The van der Waals surface area contributed by atoms with Crippen molar-refractivity contribution in [2.75, 3.05) is 26.2 Å². The van der Waals surface area contributed by atoms with Crippen molar-refractivity contribution in [1.29, 1.82) is 0 Å². The maximum atomic E-state index is 11.1. The number of benzene rings is 1. The molecule has 0 aliphatic carbocycles. The zero-order valence-electron chi connectivity index (χ0n) is 13.4. The Balaban J connectivity index is 1.49. The van der Waals surface area contributed by atoms with Crippen LogP contribution in [0.3, 0.4) is 0 Å². The van der Waals surface area contributed by atoms with E-state index in [0.29, 0.717) is 19.6 Å². The van der Waals surface area contributed by atoms with Crippen molar-refractivity contribution in [3.63, 3.8) is 0 Å². The van der Waals surface area contributed by atoms with E-state index in [-0.39, 0.29) is 6.10 Å². The molecule has 1 unspecified atom stereocenters. The summed E-state index contributed by atoms with van der Waals surface area (Å²) in [4.78, 5) is 24.1. The summed E-state index contributed by atoms with van der Waals surface area (Å²) in [6, 6.07) is 8.16. The van der Waals surface area contributed by atoms with Crippen LogP contribution in [0.4, 0.5) is 0 Å². The molecule has 1 aliphatic rings. The van der Waals surface area contributed by atoms with Crippen LogP contribution in [0.15, 0.2) is 34.9 Å². The van der Waals surface area contributed by atoms with Gasteiger partial charge in [0.25, 0.3) is 0 Å². The van der Waals surface area contributed by atoms with Gasteiger partial charge in [-0.15, -0.1) is 0 Å². The Morgan fingerprint density at radius 1 is 1.33 bits per heavy atom. The first kappa shape index (κ1) is 16.5. The molecule has 1 saturated heterocycles. The molecule has 1 fully saturated rings. The molecule has 0 radical (unpaired) electrons. The summed E-state index contributed by atoms with van der Waals surface area (Å²) in [5.74, 6) is -1.72. The van der Waals surface area contributed by atoms with E-state index in [4.69, 9.17) is 14.9 Å². The van der Waals surface area contributed by atoms with E-state index < -0.39 is 11.8 Å². The van der Waals surface area contributed by atoms with Gasteiger partial charge in [-0.1, -0.05) is 6.07 Å². The highest BCUT2D eigenvalue weighted by Gasteiger charge is 2.21. The number of nitrogens with zero attached hydrogens (tertiary/aromatic N) is 1. The van der Waals surface area contributed by atoms with E-state index in [1.165, 1.54) is 5.56 Å². The lowest BCUT2D eigenvalue weighted by Crippen LogP contribution is -2.44. The lowest BCUT2D eigenvalue weighted by atomic mass is 10.1. The highest BCUT2D eigenvalue weighted by Crippen LogP contribution is 2.19. The van der Waals surface area contributed by atoms with E-state index in [1.54, 1.807) is 6.26 Å². The number of primary amides is 1. The average Bonchev–Trinajstić information content (AvgIpc) is 3.02. The molecule has 2 heterocycles. The number of furan rings is 1. The van der Waals surface area contributed by atoms with Gasteiger partial charge in [-0.3, -0.25) is 14.5 Å². The Bertz CT molecular complexity index is 727. The van der Waals surface area contributed by atoms with Crippen molar-refractivity contribution in [3.05, 3.63) is 36.1 Å². The minimum atomic E-state index is -0.962. The van der Waals surface area contributed by atoms with Gasteiger partial charge in [0, 0.05) is 31.6 Å². The highest BCUT2D eigenvalue weighted by atomic mass is 16.5. The fourth-order valence-electron chi connectivity index (χ4n) is 2.91. The number of fused-ring (bicyclic) bond motifs is 1. The van der Waals surface area contributed by atoms with E-state index in [1.807, 2.05) is 12.1 Å². The number of amides is 2. The van der Waals surface area contributed by atoms with Crippen LogP contribution >= 0.6 is 0 Å². The van der Waals surface area contributed by atoms with Crippen molar-refractivity contribution in [2.45, 2.75) is 19.1 Å². The van der Waals surface area contributed by atoms with Crippen LogP contribution in [-0.2, 0) is 20.9 Å². The third-order valence-corrected chi connectivity index (χ3v) is 4.12. The molecule has 0 spiro atoms. The largest absolute Gasteiger partial charge is 0.464 e. The van der Waals surface area contributed by atoms with E-state index in [0.717, 1.165) is 30.6 Å². The first-order chi connectivity index (χ1) is 11.6. The van der Waals surface area contributed by atoms with Gasteiger partial charge in [0.2, 0.25) is 0 Å². The summed E-state index contributed by atoms with van der Waals surface area (Å²) in [7, 11) is 0. The SMILES string of the molecule is NC(=O)C(=O)NCCC1CN(Cc2ccc3occc3c2)CCO1. The second-order valence-electron chi connectivity index (χ2n) is 5.93. The summed E-state index contributed by atoms with van der Waals surface area (Å²) in [5.41, 5.74) is 7.02. The third kappa shape index (κ3) is 4.12. The van der Waals surface area contributed by atoms with Crippen LogP contribution in [0.25, 0.3) is 11.0 Å². The molecule has 24 heavy (non-hydrogen) atoms.